The largest absolute Gasteiger partial charge is 0.573 e. The number of ether oxygens (including phenoxy) is 1. The van der Waals surface area contributed by atoms with Crippen LogP contribution in [0.1, 0.15) is 17.2 Å². The lowest BCUT2D eigenvalue weighted by molar-refractivity contribution is -0.274. The number of halogens is 6. The highest BCUT2D eigenvalue weighted by Gasteiger charge is 2.31. The lowest BCUT2D eigenvalue weighted by atomic mass is 10.1. The summed E-state index contributed by atoms with van der Waals surface area (Å²) in [5, 5.41) is 8.23. The summed E-state index contributed by atoms with van der Waals surface area (Å²) >= 11 is 1.47. The monoisotopic (exact) mass is 549 g/mol. The van der Waals surface area contributed by atoms with Crippen LogP contribution in [0, 0.1) is 0 Å². The summed E-state index contributed by atoms with van der Waals surface area (Å²) in [4.78, 5) is 8.84. The van der Waals surface area contributed by atoms with Crippen molar-refractivity contribution in [2.45, 2.75) is 18.6 Å². The van der Waals surface area contributed by atoms with Crippen LogP contribution in [-0.2, 0) is 6.18 Å². The van der Waals surface area contributed by atoms with Crippen LogP contribution in [0.4, 0.5) is 32.0 Å². The molecule has 1 aromatic heterocycles. The second kappa shape index (κ2) is 10.0. The molecule has 0 amide bonds. The fourth-order valence-electron chi connectivity index (χ4n) is 3.65. The minimum atomic E-state index is -4.76. The predicted octanol–water partition coefficient (Wildman–Crippen LogP) is 7.11. The molecule has 0 fully saturated rings. The normalized spacial score (nSPS) is 15.8. The van der Waals surface area contributed by atoms with Crippen molar-refractivity contribution in [3.63, 3.8) is 0 Å². The number of rotatable bonds is 5. The lowest BCUT2D eigenvalue weighted by Crippen LogP contribution is -2.17. The zero-order chi connectivity index (χ0) is 26.9. The number of hydrogen-bond donors (Lipinski definition) is 1. The van der Waals surface area contributed by atoms with Gasteiger partial charge in [-0.05, 0) is 66.2 Å². The molecule has 0 bridgehead atoms. The van der Waals surface area contributed by atoms with E-state index in [1.165, 1.54) is 59.2 Å². The number of anilines is 1. The number of hydrogen-bond acceptors (Lipinski definition) is 6. The third-order valence-corrected chi connectivity index (χ3v) is 6.46. The molecule has 1 N–H and O–H groups in total. The number of nitrogens with one attached hydrogen (secondary N) is 1. The number of aromatic nitrogens is 3. The molecular weight excluding hydrogens is 532 g/mol. The van der Waals surface area contributed by atoms with Gasteiger partial charge in [0.1, 0.15) is 12.1 Å². The van der Waals surface area contributed by atoms with Gasteiger partial charge in [-0.1, -0.05) is 23.9 Å². The van der Waals surface area contributed by atoms with Crippen LogP contribution in [0.2, 0.25) is 0 Å². The van der Waals surface area contributed by atoms with E-state index in [0.29, 0.717) is 28.0 Å². The number of nitrogens with zero attached hydrogens (tertiary/aromatic N) is 4. The third-order valence-electron chi connectivity index (χ3n) is 5.49. The number of amidine groups is 1. The smallest absolute Gasteiger partial charge is 0.406 e. The summed E-state index contributed by atoms with van der Waals surface area (Å²) in [5.74, 6) is 0.693. The van der Waals surface area contributed by atoms with Crippen LogP contribution < -0.4 is 10.1 Å². The maximum Gasteiger partial charge on any atom is 0.573 e. The van der Waals surface area contributed by atoms with Crippen molar-refractivity contribution >= 4 is 22.6 Å². The molecule has 1 atom stereocenters. The Morgan fingerprint density at radius 3 is 2.18 bits per heavy atom. The first kappa shape index (κ1) is 25.6. The first-order valence-electron chi connectivity index (χ1n) is 11.1. The summed E-state index contributed by atoms with van der Waals surface area (Å²) in [7, 11) is 0. The summed E-state index contributed by atoms with van der Waals surface area (Å²) in [5.41, 5.74) is 2.00. The molecule has 0 saturated carbocycles. The Labute approximate surface area is 216 Å². The van der Waals surface area contributed by atoms with Gasteiger partial charge in [0, 0.05) is 17.0 Å². The van der Waals surface area contributed by atoms with E-state index in [-0.39, 0.29) is 11.8 Å². The van der Waals surface area contributed by atoms with Crippen LogP contribution in [-0.4, -0.2) is 32.0 Å². The molecule has 196 valence electrons. The van der Waals surface area contributed by atoms with Crippen LogP contribution in [0.3, 0.4) is 0 Å². The maximum atomic E-state index is 12.8. The van der Waals surface area contributed by atoms with E-state index in [2.05, 4.69) is 25.1 Å². The highest BCUT2D eigenvalue weighted by molar-refractivity contribution is 8.14. The van der Waals surface area contributed by atoms with E-state index in [1.807, 2.05) is 12.1 Å². The van der Waals surface area contributed by atoms with Crippen molar-refractivity contribution in [2.75, 3.05) is 11.1 Å². The summed E-state index contributed by atoms with van der Waals surface area (Å²) in [6, 6.07) is 17.3. The predicted molar refractivity (Wildman–Crippen MR) is 131 cm³/mol. The molecule has 6 nitrogen and oxygen atoms in total. The minimum Gasteiger partial charge on any atom is -0.406 e. The zero-order valence-corrected chi connectivity index (χ0v) is 20.0. The Hall–Kier alpha value is -4.00. The first-order chi connectivity index (χ1) is 18.0. The van der Waals surface area contributed by atoms with Crippen LogP contribution >= 0.6 is 11.8 Å². The molecule has 13 heteroatoms. The number of thioether (sulfide) groups is 1. The summed E-state index contributed by atoms with van der Waals surface area (Å²) in [6.45, 7) is 0. The van der Waals surface area contributed by atoms with Crippen molar-refractivity contribution in [1.29, 1.82) is 0 Å². The van der Waals surface area contributed by atoms with Gasteiger partial charge >= 0.3 is 12.5 Å². The number of alkyl halides is 6. The van der Waals surface area contributed by atoms with Crippen molar-refractivity contribution < 1.29 is 31.1 Å². The summed E-state index contributed by atoms with van der Waals surface area (Å²) in [6.07, 6.45) is -7.69. The molecule has 5 rings (SSSR count). The van der Waals surface area contributed by atoms with E-state index in [9.17, 15) is 26.3 Å². The van der Waals surface area contributed by atoms with Gasteiger partial charge in [-0.2, -0.15) is 13.2 Å². The van der Waals surface area contributed by atoms with E-state index >= 15 is 0 Å². The Kier molecular flexibility index (Phi) is 6.78. The first-order valence-corrected chi connectivity index (χ1v) is 12.1. The van der Waals surface area contributed by atoms with Gasteiger partial charge in [0.05, 0.1) is 17.3 Å². The molecule has 4 aromatic rings. The third kappa shape index (κ3) is 6.10. The van der Waals surface area contributed by atoms with Gasteiger partial charge in [0.2, 0.25) is 0 Å². The lowest BCUT2D eigenvalue weighted by Gasteiger charge is -2.09. The second-order valence-electron chi connectivity index (χ2n) is 8.14. The molecule has 0 radical (unpaired) electrons. The minimum absolute atomic E-state index is 0.244. The number of benzene rings is 3. The van der Waals surface area contributed by atoms with Gasteiger partial charge in [-0.15, -0.1) is 18.3 Å². The highest BCUT2D eigenvalue weighted by atomic mass is 32.2. The fourth-order valence-corrected chi connectivity index (χ4v) is 4.63. The molecule has 3 aromatic carbocycles. The SMILES string of the molecule is FC(F)(F)Oc1ccc(-n2cnc(-c3ccc(NC4=NC(c5ccc(C(F)(F)F)cc5)CS4)cc3)n2)cc1. The van der Waals surface area contributed by atoms with Crippen molar-refractivity contribution in [3.8, 4) is 22.8 Å². The van der Waals surface area contributed by atoms with Crippen molar-refractivity contribution in [2.24, 2.45) is 4.99 Å². The van der Waals surface area contributed by atoms with Gasteiger partial charge in [0.25, 0.3) is 0 Å². The van der Waals surface area contributed by atoms with Gasteiger partial charge in [-0.25, -0.2) is 9.67 Å². The van der Waals surface area contributed by atoms with E-state index in [4.69, 9.17) is 0 Å². The van der Waals surface area contributed by atoms with Gasteiger partial charge < -0.3 is 10.1 Å². The average Bonchev–Trinajstić information content (AvgIpc) is 3.54. The molecule has 1 unspecified atom stereocenters. The van der Waals surface area contributed by atoms with E-state index in [0.717, 1.165) is 23.4 Å². The Morgan fingerprint density at radius 1 is 0.868 bits per heavy atom. The summed E-state index contributed by atoms with van der Waals surface area (Å²) < 4.78 is 80.7. The average molecular weight is 550 g/mol. The van der Waals surface area contributed by atoms with E-state index < -0.39 is 18.1 Å². The van der Waals surface area contributed by atoms with Gasteiger partial charge in [-0.3, -0.25) is 4.99 Å². The van der Waals surface area contributed by atoms with Crippen LogP contribution in [0.15, 0.2) is 84.1 Å². The van der Waals surface area contributed by atoms with Gasteiger partial charge in [0.15, 0.2) is 11.0 Å². The number of aliphatic imine (C=N–C) groups is 1. The molecule has 0 spiro atoms. The highest BCUT2D eigenvalue weighted by Crippen LogP contribution is 2.34. The molecule has 0 aliphatic carbocycles. The maximum absolute atomic E-state index is 12.8. The zero-order valence-electron chi connectivity index (χ0n) is 19.2. The topological polar surface area (TPSA) is 64.3 Å². The van der Waals surface area contributed by atoms with Crippen molar-refractivity contribution in [1.82, 2.24) is 14.8 Å². The standard InChI is InChI=1S/C25H17F6N5OS/c26-24(27,28)17-5-1-15(2-6-17)21-13-38-23(34-21)33-18-7-3-16(4-8-18)22-32-14-36(35-22)19-9-11-20(12-10-19)37-25(29,30)31/h1-12,14,21H,13H2,(H,33,34). The Morgan fingerprint density at radius 2 is 1.55 bits per heavy atom. The quantitative estimate of drug-likeness (QED) is 0.269. The second-order valence-corrected chi connectivity index (χ2v) is 9.15. The fraction of sp³-hybridized carbons (Fsp3) is 0.160. The molecule has 38 heavy (non-hydrogen) atoms. The van der Waals surface area contributed by atoms with Crippen LogP contribution in [0.25, 0.3) is 17.1 Å². The van der Waals surface area contributed by atoms with Crippen molar-refractivity contribution in [3.05, 3.63) is 90.3 Å². The molecule has 2 heterocycles. The molecule has 0 saturated heterocycles. The van der Waals surface area contributed by atoms with E-state index in [1.54, 1.807) is 12.1 Å². The Balaban J connectivity index is 1.22. The molecule has 1 aliphatic rings. The molecule has 1 aliphatic heterocycles. The Bertz CT molecular complexity index is 1430. The molecular formula is C25H17F6N5OS. The van der Waals surface area contributed by atoms with Crippen LogP contribution in [0.5, 0.6) is 5.75 Å².